The first-order valence-electron chi connectivity index (χ1n) is 6.21. The summed E-state index contributed by atoms with van der Waals surface area (Å²) >= 11 is 11.3. The Morgan fingerprint density at radius 3 is 2.36 bits per heavy atom. The van der Waals surface area contributed by atoms with Crippen LogP contribution >= 0.6 is 23.2 Å². The van der Waals surface area contributed by atoms with Crippen LogP contribution in [0.1, 0.15) is 24.2 Å². The summed E-state index contributed by atoms with van der Waals surface area (Å²) in [4.78, 5) is 24.1. The van der Waals surface area contributed by atoms with Crippen LogP contribution in [0.15, 0.2) is 17.9 Å². The zero-order valence-corrected chi connectivity index (χ0v) is 13.2. The van der Waals surface area contributed by atoms with Crippen LogP contribution in [0.25, 0.3) is 0 Å². The van der Waals surface area contributed by atoms with Gasteiger partial charge in [0, 0.05) is 5.56 Å². The predicted octanol–water partition coefficient (Wildman–Crippen LogP) is 3.94. The highest BCUT2D eigenvalue weighted by molar-refractivity contribution is 6.45. The van der Waals surface area contributed by atoms with Gasteiger partial charge in [0.1, 0.15) is 11.8 Å². The van der Waals surface area contributed by atoms with Crippen molar-refractivity contribution in [2.75, 3.05) is 13.2 Å². The standard InChI is InChI=1S/C14H12Cl2F2O4/c1-3-21-6-8(14(20)22-4-2)13(19)7-5-9(17)12(18)11(16)10(7)15/h5-6H,3-4H2,1-2H3. The third kappa shape index (κ3) is 3.96. The number of ketones is 1. The zero-order valence-electron chi connectivity index (χ0n) is 11.7. The van der Waals surface area contributed by atoms with E-state index in [0.717, 1.165) is 6.26 Å². The molecule has 4 nitrogen and oxygen atoms in total. The summed E-state index contributed by atoms with van der Waals surface area (Å²) in [6.07, 6.45) is 0.881. The van der Waals surface area contributed by atoms with Gasteiger partial charge in [0.2, 0.25) is 5.78 Å². The maximum atomic E-state index is 13.4. The number of Topliss-reactive ketones (excluding diaryl/α,β-unsaturated/α-hetero) is 1. The van der Waals surface area contributed by atoms with Gasteiger partial charge in [-0.3, -0.25) is 4.79 Å². The number of halogens is 4. The monoisotopic (exact) mass is 352 g/mol. The third-order valence-electron chi connectivity index (χ3n) is 2.46. The summed E-state index contributed by atoms with van der Waals surface area (Å²) in [5, 5.41) is -1.25. The molecule has 120 valence electrons. The molecule has 0 amide bonds. The molecule has 0 saturated heterocycles. The second-order valence-electron chi connectivity index (χ2n) is 3.88. The minimum Gasteiger partial charge on any atom is -0.500 e. The second-order valence-corrected chi connectivity index (χ2v) is 4.64. The Bertz CT molecular complexity index is 630. The van der Waals surface area contributed by atoms with Crippen LogP contribution in [0.3, 0.4) is 0 Å². The lowest BCUT2D eigenvalue weighted by molar-refractivity contribution is -0.138. The molecule has 0 unspecified atom stereocenters. The highest BCUT2D eigenvalue weighted by atomic mass is 35.5. The van der Waals surface area contributed by atoms with E-state index < -0.39 is 44.6 Å². The topological polar surface area (TPSA) is 52.6 Å². The lowest BCUT2D eigenvalue weighted by atomic mass is 10.0. The van der Waals surface area contributed by atoms with Gasteiger partial charge in [0.05, 0.1) is 23.3 Å². The van der Waals surface area contributed by atoms with Crippen molar-refractivity contribution in [3.63, 3.8) is 0 Å². The molecule has 0 fully saturated rings. The van der Waals surface area contributed by atoms with Crippen molar-refractivity contribution in [2.45, 2.75) is 13.8 Å². The van der Waals surface area contributed by atoms with Crippen LogP contribution in [-0.4, -0.2) is 25.0 Å². The second kappa shape index (κ2) is 8.10. The van der Waals surface area contributed by atoms with E-state index in [0.29, 0.717) is 6.07 Å². The SMILES string of the molecule is CCOC=C(C(=O)OCC)C(=O)c1cc(F)c(F)c(Cl)c1Cl. The van der Waals surface area contributed by atoms with E-state index in [-0.39, 0.29) is 13.2 Å². The predicted molar refractivity (Wildman–Crippen MR) is 77.1 cm³/mol. The average Bonchev–Trinajstić information content (AvgIpc) is 2.49. The maximum Gasteiger partial charge on any atom is 0.345 e. The van der Waals surface area contributed by atoms with Crippen molar-refractivity contribution in [1.29, 1.82) is 0 Å². The van der Waals surface area contributed by atoms with Crippen molar-refractivity contribution in [1.82, 2.24) is 0 Å². The number of hydrogen-bond donors (Lipinski definition) is 0. The summed E-state index contributed by atoms with van der Waals surface area (Å²) in [5.41, 5.74) is -0.975. The minimum absolute atomic E-state index is 0.0157. The van der Waals surface area contributed by atoms with E-state index >= 15 is 0 Å². The molecule has 0 radical (unpaired) electrons. The van der Waals surface area contributed by atoms with Gasteiger partial charge >= 0.3 is 5.97 Å². The molecule has 0 N–H and O–H groups in total. The van der Waals surface area contributed by atoms with Crippen LogP contribution in [0.2, 0.25) is 10.0 Å². The Morgan fingerprint density at radius 1 is 1.18 bits per heavy atom. The van der Waals surface area contributed by atoms with Crippen LogP contribution in [-0.2, 0) is 14.3 Å². The number of ether oxygens (including phenoxy) is 2. The number of esters is 1. The highest BCUT2D eigenvalue weighted by Crippen LogP contribution is 2.32. The largest absolute Gasteiger partial charge is 0.500 e. The Balaban J connectivity index is 3.34. The van der Waals surface area contributed by atoms with E-state index in [9.17, 15) is 18.4 Å². The molecular weight excluding hydrogens is 341 g/mol. The first-order chi connectivity index (χ1) is 10.3. The summed E-state index contributed by atoms with van der Waals surface area (Å²) in [5.74, 6) is -4.71. The summed E-state index contributed by atoms with van der Waals surface area (Å²) in [6.45, 7) is 3.37. The lowest BCUT2D eigenvalue weighted by Gasteiger charge is -2.09. The smallest absolute Gasteiger partial charge is 0.345 e. The van der Waals surface area contributed by atoms with E-state index in [2.05, 4.69) is 0 Å². The molecule has 1 aromatic carbocycles. The maximum absolute atomic E-state index is 13.4. The molecule has 0 heterocycles. The molecule has 0 saturated carbocycles. The number of hydrogen-bond acceptors (Lipinski definition) is 4. The number of carbonyl (C=O) groups is 2. The summed E-state index contributed by atoms with van der Waals surface area (Å²) in [6, 6.07) is 0.560. The van der Waals surface area contributed by atoms with Crippen molar-refractivity contribution in [2.24, 2.45) is 0 Å². The average molecular weight is 353 g/mol. The quantitative estimate of drug-likeness (QED) is 0.114. The Kier molecular flexibility index (Phi) is 6.77. The van der Waals surface area contributed by atoms with Crippen LogP contribution in [0, 0.1) is 11.6 Å². The molecule has 0 aliphatic rings. The molecule has 0 atom stereocenters. The van der Waals surface area contributed by atoms with Gasteiger partial charge < -0.3 is 9.47 Å². The number of benzene rings is 1. The highest BCUT2D eigenvalue weighted by Gasteiger charge is 2.27. The van der Waals surface area contributed by atoms with E-state index in [1.54, 1.807) is 13.8 Å². The molecule has 1 rings (SSSR count). The number of carbonyl (C=O) groups excluding carboxylic acids is 2. The zero-order chi connectivity index (χ0) is 16.9. The van der Waals surface area contributed by atoms with Crippen molar-refractivity contribution < 1.29 is 27.8 Å². The van der Waals surface area contributed by atoms with Gasteiger partial charge in [-0.25, -0.2) is 13.6 Å². The van der Waals surface area contributed by atoms with Crippen molar-refractivity contribution in [3.05, 3.63) is 45.1 Å². The van der Waals surface area contributed by atoms with Gasteiger partial charge in [-0.15, -0.1) is 0 Å². The molecule has 0 aliphatic carbocycles. The number of rotatable bonds is 6. The summed E-state index contributed by atoms with van der Waals surface area (Å²) in [7, 11) is 0. The molecule has 8 heteroatoms. The van der Waals surface area contributed by atoms with Crippen molar-refractivity contribution >= 4 is 35.0 Å². The van der Waals surface area contributed by atoms with Crippen LogP contribution in [0.4, 0.5) is 8.78 Å². The van der Waals surface area contributed by atoms with Crippen molar-refractivity contribution in [3.8, 4) is 0 Å². The first kappa shape index (κ1) is 18.4. The molecule has 0 aliphatic heterocycles. The molecule has 22 heavy (non-hydrogen) atoms. The minimum atomic E-state index is -1.38. The fourth-order valence-corrected chi connectivity index (χ4v) is 1.87. The van der Waals surface area contributed by atoms with Gasteiger partial charge in [0.15, 0.2) is 11.6 Å². The van der Waals surface area contributed by atoms with Gasteiger partial charge in [0.25, 0.3) is 0 Å². The Labute approximate surface area is 135 Å². The molecule has 1 aromatic rings. The fraction of sp³-hybridized carbons (Fsp3) is 0.286. The normalized spacial score (nSPS) is 11.3. The van der Waals surface area contributed by atoms with Crippen LogP contribution in [0.5, 0.6) is 0 Å². The lowest BCUT2D eigenvalue weighted by Crippen LogP contribution is -2.17. The van der Waals surface area contributed by atoms with Gasteiger partial charge in [-0.05, 0) is 19.9 Å². The van der Waals surface area contributed by atoms with Gasteiger partial charge in [-0.2, -0.15) is 0 Å². The summed E-state index contributed by atoms with van der Waals surface area (Å²) < 4.78 is 36.3. The Morgan fingerprint density at radius 2 is 1.82 bits per heavy atom. The molecule has 0 spiro atoms. The van der Waals surface area contributed by atoms with Gasteiger partial charge in [-0.1, -0.05) is 23.2 Å². The molecule has 0 bridgehead atoms. The first-order valence-corrected chi connectivity index (χ1v) is 6.97. The van der Waals surface area contributed by atoms with Crippen LogP contribution < -0.4 is 0 Å². The fourth-order valence-electron chi connectivity index (χ4n) is 1.45. The molecule has 0 aromatic heterocycles. The van der Waals surface area contributed by atoms with E-state index in [4.69, 9.17) is 32.7 Å². The van der Waals surface area contributed by atoms with E-state index in [1.165, 1.54) is 0 Å². The molecular formula is C14H12Cl2F2O4. The third-order valence-corrected chi connectivity index (χ3v) is 3.30. The van der Waals surface area contributed by atoms with E-state index in [1.807, 2.05) is 0 Å². The Hall–Kier alpha value is -1.66.